The maximum absolute atomic E-state index is 12.5. The molecule has 128 valence electrons. The third-order valence-electron chi connectivity index (χ3n) is 4.59. The topological polar surface area (TPSA) is 74.7 Å². The van der Waals surface area contributed by atoms with Crippen molar-refractivity contribution in [1.82, 2.24) is 4.90 Å². The van der Waals surface area contributed by atoms with E-state index in [0.29, 0.717) is 31.5 Å². The second-order valence-corrected chi connectivity index (χ2v) is 6.18. The molecule has 5 nitrogen and oxygen atoms in total. The second kappa shape index (κ2) is 7.30. The number of Topliss-reactive ketones (excluding diaryl/α,β-unsaturated/α-hetero) is 1. The van der Waals surface area contributed by atoms with Gasteiger partial charge in [-0.25, -0.2) is 4.79 Å². The maximum Gasteiger partial charge on any atom is 0.335 e. The van der Waals surface area contributed by atoms with Crippen LogP contribution in [0.25, 0.3) is 0 Å². The van der Waals surface area contributed by atoms with Gasteiger partial charge in [0.15, 0.2) is 5.78 Å². The van der Waals surface area contributed by atoms with E-state index in [-0.39, 0.29) is 23.2 Å². The van der Waals surface area contributed by atoms with Crippen LogP contribution in [0, 0.1) is 5.92 Å². The van der Waals surface area contributed by atoms with Crippen LogP contribution in [0.3, 0.4) is 0 Å². The molecule has 1 saturated heterocycles. The number of carboxylic acid groups (broad SMARTS) is 1. The number of aromatic carboxylic acids is 1. The second-order valence-electron chi connectivity index (χ2n) is 6.18. The number of benzene rings is 2. The minimum absolute atomic E-state index is 0.0548. The van der Waals surface area contributed by atoms with Crippen molar-refractivity contribution in [2.45, 2.75) is 12.8 Å². The van der Waals surface area contributed by atoms with Crippen molar-refractivity contribution in [1.29, 1.82) is 0 Å². The molecule has 2 aromatic carbocycles. The number of nitrogens with zero attached hydrogens (tertiary/aromatic N) is 1. The van der Waals surface area contributed by atoms with Gasteiger partial charge in [0.25, 0.3) is 5.91 Å². The first kappa shape index (κ1) is 16.9. The van der Waals surface area contributed by atoms with Gasteiger partial charge in [0, 0.05) is 30.1 Å². The van der Waals surface area contributed by atoms with Crippen LogP contribution in [0.5, 0.6) is 0 Å². The van der Waals surface area contributed by atoms with Gasteiger partial charge >= 0.3 is 5.97 Å². The highest BCUT2D eigenvalue weighted by Gasteiger charge is 2.28. The summed E-state index contributed by atoms with van der Waals surface area (Å²) < 4.78 is 0. The molecular formula is C20H19NO4. The van der Waals surface area contributed by atoms with Gasteiger partial charge < -0.3 is 10.0 Å². The Hall–Kier alpha value is -2.95. The van der Waals surface area contributed by atoms with Gasteiger partial charge in [-0.3, -0.25) is 9.59 Å². The van der Waals surface area contributed by atoms with Crippen LogP contribution >= 0.6 is 0 Å². The quantitative estimate of drug-likeness (QED) is 0.870. The molecule has 1 amide bonds. The molecule has 0 atom stereocenters. The van der Waals surface area contributed by atoms with E-state index in [1.165, 1.54) is 24.3 Å². The van der Waals surface area contributed by atoms with Crippen LogP contribution in [0.15, 0.2) is 54.6 Å². The Labute approximate surface area is 145 Å². The lowest BCUT2D eigenvalue weighted by atomic mass is 9.88. The maximum atomic E-state index is 12.5. The summed E-state index contributed by atoms with van der Waals surface area (Å²) in [5, 5.41) is 8.91. The smallest absolute Gasteiger partial charge is 0.335 e. The van der Waals surface area contributed by atoms with Crippen molar-refractivity contribution in [3.05, 3.63) is 71.3 Å². The fraction of sp³-hybridized carbons (Fsp3) is 0.250. The predicted octanol–water partition coefficient (Wildman–Crippen LogP) is 3.12. The summed E-state index contributed by atoms with van der Waals surface area (Å²) in [5.41, 5.74) is 1.35. The predicted molar refractivity (Wildman–Crippen MR) is 92.8 cm³/mol. The number of hydrogen-bond donors (Lipinski definition) is 1. The molecule has 0 saturated carbocycles. The Bertz CT molecular complexity index is 775. The Morgan fingerprint density at radius 3 is 1.92 bits per heavy atom. The van der Waals surface area contributed by atoms with Crippen molar-refractivity contribution in [2.75, 3.05) is 13.1 Å². The van der Waals surface area contributed by atoms with Crippen molar-refractivity contribution in [3.8, 4) is 0 Å². The molecule has 25 heavy (non-hydrogen) atoms. The molecule has 1 heterocycles. The molecule has 0 aromatic heterocycles. The van der Waals surface area contributed by atoms with Crippen molar-refractivity contribution in [3.63, 3.8) is 0 Å². The zero-order valence-electron chi connectivity index (χ0n) is 13.7. The van der Waals surface area contributed by atoms with Crippen LogP contribution in [-0.4, -0.2) is 40.8 Å². The lowest BCUT2D eigenvalue weighted by Gasteiger charge is -2.31. The van der Waals surface area contributed by atoms with Gasteiger partial charge in [-0.05, 0) is 37.1 Å². The van der Waals surface area contributed by atoms with Gasteiger partial charge in [-0.2, -0.15) is 0 Å². The number of carbonyl (C=O) groups excluding carboxylic acids is 2. The van der Waals surface area contributed by atoms with Crippen molar-refractivity contribution in [2.24, 2.45) is 5.92 Å². The van der Waals surface area contributed by atoms with Gasteiger partial charge in [-0.1, -0.05) is 30.3 Å². The van der Waals surface area contributed by atoms with Crippen LogP contribution < -0.4 is 0 Å². The average molecular weight is 337 g/mol. The number of rotatable bonds is 4. The number of amides is 1. The lowest BCUT2D eigenvalue weighted by molar-refractivity contribution is 0.0649. The Morgan fingerprint density at radius 1 is 0.800 bits per heavy atom. The first-order chi connectivity index (χ1) is 12.1. The SMILES string of the molecule is O=C(O)c1ccc(C(=O)N2CCC(C(=O)c3ccccc3)CC2)cc1. The summed E-state index contributed by atoms with van der Waals surface area (Å²) >= 11 is 0. The largest absolute Gasteiger partial charge is 0.478 e. The standard InChI is InChI=1S/C20H19NO4/c22-18(14-4-2-1-3-5-14)15-10-12-21(13-11-15)19(23)16-6-8-17(9-7-16)20(24)25/h1-9,15H,10-13H2,(H,24,25). The van der Waals surface area contributed by atoms with E-state index >= 15 is 0 Å². The first-order valence-electron chi connectivity index (χ1n) is 8.28. The highest BCUT2D eigenvalue weighted by molar-refractivity contribution is 5.98. The third kappa shape index (κ3) is 3.76. The van der Waals surface area contributed by atoms with Crippen LogP contribution in [0.2, 0.25) is 0 Å². The van der Waals surface area contributed by atoms with Crippen LogP contribution in [-0.2, 0) is 0 Å². The Kier molecular flexibility index (Phi) is 4.93. The molecule has 0 spiro atoms. The van der Waals surface area contributed by atoms with E-state index in [0.717, 1.165) is 5.56 Å². The molecule has 1 aliphatic rings. The molecule has 0 unspecified atom stereocenters. The van der Waals surface area contributed by atoms with Crippen LogP contribution in [0.1, 0.15) is 43.9 Å². The van der Waals surface area contributed by atoms with Gasteiger partial charge in [0.2, 0.25) is 0 Å². The molecule has 5 heteroatoms. The van der Waals surface area contributed by atoms with E-state index in [1.54, 1.807) is 4.90 Å². The molecule has 1 fully saturated rings. The molecule has 0 aliphatic carbocycles. The average Bonchev–Trinajstić information content (AvgIpc) is 2.67. The first-order valence-corrected chi connectivity index (χ1v) is 8.28. The highest BCUT2D eigenvalue weighted by atomic mass is 16.4. The van der Waals surface area contributed by atoms with E-state index < -0.39 is 5.97 Å². The summed E-state index contributed by atoms with van der Waals surface area (Å²) in [6.45, 7) is 1.06. The number of piperidine rings is 1. The molecule has 2 aromatic rings. The lowest BCUT2D eigenvalue weighted by Crippen LogP contribution is -2.40. The molecule has 3 rings (SSSR count). The van der Waals surface area contributed by atoms with Gasteiger partial charge in [-0.15, -0.1) is 0 Å². The van der Waals surface area contributed by atoms with Crippen molar-refractivity contribution < 1.29 is 19.5 Å². The van der Waals surface area contributed by atoms with E-state index in [1.807, 2.05) is 30.3 Å². The van der Waals surface area contributed by atoms with Crippen molar-refractivity contribution >= 4 is 17.7 Å². The van der Waals surface area contributed by atoms with E-state index in [4.69, 9.17) is 5.11 Å². The van der Waals surface area contributed by atoms with Gasteiger partial charge in [0.05, 0.1) is 5.56 Å². The minimum atomic E-state index is -1.01. The third-order valence-corrected chi connectivity index (χ3v) is 4.59. The number of likely N-dealkylation sites (tertiary alicyclic amines) is 1. The van der Waals surface area contributed by atoms with Crippen LogP contribution in [0.4, 0.5) is 0 Å². The summed E-state index contributed by atoms with van der Waals surface area (Å²) in [7, 11) is 0. The zero-order chi connectivity index (χ0) is 17.8. The normalized spacial score (nSPS) is 15.0. The molecule has 0 bridgehead atoms. The Balaban J connectivity index is 1.61. The van der Waals surface area contributed by atoms with Gasteiger partial charge in [0.1, 0.15) is 0 Å². The Morgan fingerprint density at radius 2 is 1.36 bits per heavy atom. The summed E-state index contributed by atoms with van der Waals surface area (Å²) in [6.07, 6.45) is 1.29. The summed E-state index contributed by atoms with van der Waals surface area (Å²) in [6, 6.07) is 15.2. The van der Waals surface area contributed by atoms with E-state index in [2.05, 4.69) is 0 Å². The number of ketones is 1. The molecular weight excluding hydrogens is 318 g/mol. The summed E-state index contributed by atoms with van der Waals surface area (Å²) in [5.74, 6) is -1.05. The number of hydrogen-bond acceptors (Lipinski definition) is 3. The fourth-order valence-corrected chi connectivity index (χ4v) is 3.12. The number of carboxylic acids is 1. The number of carbonyl (C=O) groups is 3. The fourth-order valence-electron chi connectivity index (χ4n) is 3.12. The summed E-state index contributed by atoms with van der Waals surface area (Å²) in [4.78, 5) is 37.6. The monoisotopic (exact) mass is 337 g/mol. The minimum Gasteiger partial charge on any atom is -0.478 e. The molecule has 0 radical (unpaired) electrons. The molecule has 1 aliphatic heterocycles. The molecule has 1 N–H and O–H groups in total. The van der Waals surface area contributed by atoms with E-state index in [9.17, 15) is 14.4 Å². The zero-order valence-corrected chi connectivity index (χ0v) is 13.7. The highest BCUT2D eigenvalue weighted by Crippen LogP contribution is 2.23.